The van der Waals surface area contributed by atoms with Gasteiger partial charge in [0.1, 0.15) is 5.82 Å². The zero-order valence-corrected chi connectivity index (χ0v) is 12.1. The Morgan fingerprint density at radius 1 is 1.33 bits per heavy atom. The van der Waals surface area contributed by atoms with Crippen LogP contribution in [-0.2, 0) is 6.54 Å². The molecule has 0 spiro atoms. The largest absolute Gasteiger partial charge is 0.396 e. The second-order valence-electron chi connectivity index (χ2n) is 5.28. The van der Waals surface area contributed by atoms with Crippen molar-refractivity contribution >= 4 is 11.8 Å². The fourth-order valence-electron chi connectivity index (χ4n) is 1.43. The number of hydrogen-bond donors (Lipinski definition) is 2. The van der Waals surface area contributed by atoms with E-state index in [1.54, 1.807) is 17.8 Å². The summed E-state index contributed by atoms with van der Waals surface area (Å²) in [5.41, 5.74) is 0.993. The molecule has 2 N–H and O–H groups in total. The zero-order chi connectivity index (χ0) is 13.6. The lowest BCUT2D eigenvalue weighted by Gasteiger charge is -2.21. The highest BCUT2D eigenvalue weighted by atomic mass is 32.2. The van der Waals surface area contributed by atoms with Crippen LogP contribution >= 0.6 is 11.8 Å². The van der Waals surface area contributed by atoms with Gasteiger partial charge in [0, 0.05) is 29.3 Å². The minimum atomic E-state index is -0.202. The first-order valence-corrected chi connectivity index (χ1v) is 7.18. The van der Waals surface area contributed by atoms with Crippen molar-refractivity contribution in [1.29, 1.82) is 0 Å². The van der Waals surface area contributed by atoms with Crippen LogP contribution in [0.25, 0.3) is 0 Å². The fourth-order valence-corrected chi connectivity index (χ4v) is 2.41. The highest BCUT2D eigenvalue weighted by molar-refractivity contribution is 7.99. The molecule has 0 aliphatic carbocycles. The molecule has 2 nitrogen and oxygen atoms in total. The molecule has 0 fully saturated rings. The number of rotatable bonds is 6. The van der Waals surface area contributed by atoms with Gasteiger partial charge in [-0.3, -0.25) is 0 Å². The maximum Gasteiger partial charge on any atom is 0.123 e. The molecule has 0 radical (unpaired) electrons. The van der Waals surface area contributed by atoms with E-state index < -0.39 is 0 Å². The van der Waals surface area contributed by atoms with Gasteiger partial charge < -0.3 is 10.4 Å². The quantitative estimate of drug-likeness (QED) is 0.615. The van der Waals surface area contributed by atoms with E-state index >= 15 is 0 Å². The molecule has 0 aliphatic rings. The van der Waals surface area contributed by atoms with Crippen LogP contribution in [0.5, 0.6) is 0 Å². The van der Waals surface area contributed by atoms with Crippen molar-refractivity contribution in [2.24, 2.45) is 0 Å². The Labute approximate surface area is 113 Å². The molecule has 1 rings (SSSR count). The van der Waals surface area contributed by atoms with E-state index in [-0.39, 0.29) is 18.0 Å². The maximum absolute atomic E-state index is 13.3. The van der Waals surface area contributed by atoms with Gasteiger partial charge in [0.2, 0.25) is 0 Å². The summed E-state index contributed by atoms with van der Waals surface area (Å²) in [5.74, 6) is 0.650. The molecule has 0 aromatic heterocycles. The molecule has 18 heavy (non-hydrogen) atoms. The van der Waals surface area contributed by atoms with Gasteiger partial charge in [-0.25, -0.2) is 4.39 Å². The number of nitrogens with one attached hydrogen (secondary N) is 1. The highest BCUT2D eigenvalue weighted by Crippen LogP contribution is 2.24. The number of thioether (sulfide) groups is 1. The van der Waals surface area contributed by atoms with Crippen molar-refractivity contribution < 1.29 is 9.50 Å². The van der Waals surface area contributed by atoms with Crippen molar-refractivity contribution in [3.05, 3.63) is 29.6 Å². The monoisotopic (exact) mass is 271 g/mol. The lowest BCUT2D eigenvalue weighted by atomic mass is 10.1. The van der Waals surface area contributed by atoms with Gasteiger partial charge in [0.05, 0.1) is 0 Å². The van der Waals surface area contributed by atoms with Crippen LogP contribution in [0, 0.1) is 5.82 Å². The molecule has 0 bridgehead atoms. The minimum Gasteiger partial charge on any atom is -0.396 e. The number of hydrogen-bond acceptors (Lipinski definition) is 3. The van der Waals surface area contributed by atoms with E-state index in [4.69, 9.17) is 5.11 Å². The van der Waals surface area contributed by atoms with E-state index in [2.05, 4.69) is 26.1 Å². The first-order chi connectivity index (χ1) is 8.42. The summed E-state index contributed by atoms with van der Waals surface area (Å²) in [5, 5.41) is 12.1. The van der Waals surface area contributed by atoms with Crippen LogP contribution < -0.4 is 5.32 Å². The summed E-state index contributed by atoms with van der Waals surface area (Å²) in [4.78, 5) is 1.08. The Hall–Kier alpha value is -0.580. The molecule has 0 saturated carbocycles. The van der Waals surface area contributed by atoms with Crippen LogP contribution in [-0.4, -0.2) is 23.0 Å². The third-order valence-electron chi connectivity index (χ3n) is 2.39. The molecular formula is C14H22FNOS. The number of benzene rings is 1. The molecule has 1 aromatic carbocycles. The second-order valence-corrected chi connectivity index (χ2v) is 6.42. The smallest absolute Gasteiger partial charge is 0.123 e. The number of halogens is 1. The SMILES string of the molecule is CC(C)(C)NCc1cc(F)ccc1SCCCO. The number of aliphatic hydroxyl groups is 1. The molecule has 0 saturated heterocycles. The van der Waals surface area contributed by atoms with Gasteiger partial charge in [-0.05, 0) is 51.0 Å². The first-order valence-electron chi connectivity index (χ1n) is 6.19. The maximum atomic E-state index is 13.3. The molecule has 1 aromatic rings. The fraction of sp³-hybridized carbons (Fsp3) is 0.571. The predicted molar refractivity (Wildman–Crippen MR) is 75.4 cm³/mol. The summed E-state index contributed by atoms with van der Waals surface area (Å²) in [6.07, 6.45) is 0.758. The second kappa shape index (κ2) is 7.12. The van der Waals surface area contributed by atoms with E-state index in [1.165, 1.54) is 6.07 Å². The lowest BCUT2D eigenvalue weighted by molar-refractivity contribution is 0.296. The highest BCUT2D eigenvalue weighted by Gasteiger charge is 2.11. The van der Waals surface area contributed by atoms with Crippen LogP contribution in [0.3, 0.4) is 0 Å². The van der Waals surface area contributed by atoms with Gasteiger partial charge >= 0.3 is 0 Å². The molecule has 0 amide bonds. The Morgan fingerprint density at radius 3 is 2.67 bits per heavy atom. The van der Waals surface area contributed by atoms with Crippen molar-refractivity contribution in [3.63, 3.8) is 0 Å². The molecule has 102 valence electrons. The average molecular weight is 271 g/mol. The van der Waals surface area contributed by atoms with Gasteiger partial charge in [-0.15, -0.1) is 11.8 Å². The molecule has 0 atom stereocenters. The average Bonchev–Trinajstić information content (AvgIpc) is 2.28. The van der Waals surface area contributed by atoms with Crippen molar-refractivity contribution in [1.82, 2.24) is 5.32 Å². The predicted octanol–water partition coefficient (Wildman–Crippen LogP) is 3.19. The molecule has 0 heterocycles. The Kier molecular flexibility index (Phi) is 6.12. The Morgan fingerprint density at radius 2 is 2.06 bits per heavy atom. The topological polar surface area (TPSA) is 32.3 Å². The number of aliphatic hydroxyl groups excluding tert-OH is 1. The Balaban J connectivity index is 2.70. The van der Waals surface area contributed by atoms with Crippen molar-refractivity contribution in [2.75, 3.05) is 12.4 Å². The summed E-state index contributed by atoms with van der Waals surface area (Å²) in [7, 11) is 0. The normalized spacial score (nSPS) is 11.8. The van der Waals surface area contributed by atoms with Crippen molar-refractivity contribution in [2.45, 2.75) is 44.2 Å². The van der Waals surface area contributed by atoms with Gasteiger partial charge in [-0.1, -0.05) is 0 Å². The summed E-state index contributed by atoms with van der Waals surface area (Å²) in [6.45, 7) is 7.12. The standard InChI is InChI=1S/C14H22FNOS/c1-14(2,3)16-10-11-9-12(15)5-6-13(11)18-8-4-7-17/h5-6,9,16-17H,4,7-8,10H2,1-3H3. The summed E-state index contributed by atoms with van der Waals surface area (Å²) in [6, 6.07) is 4.89. The van der Waals surface area contributed by atoms with Crippen LogP contribution in [0.2, 0.25) is 0 Å². The Bertz CT molecular complexity index is 377. The lowest BCUT2D eigenvalue weighted by Crippen LogP contribution is -2.35. The van der Waals surface area contributed by atoms with Gasteiger partial charge in [0.25, 0.3) is 0 Å². The van der Waals surface area contributed by atoms with E-state index in [0.29, 0.717) is 6.54 Å². The zero-order valence-electron chi connectivity index (χ0n) is 11.3. The molecule has 0 aliphatic heterocycles. The summed E-state index contributed by atoms with van der Waals surface area (Å²) >= 11 is 1.66. The summed E-state index contributed by atoms with van der Waals surface area (Å²) < 4.78 is 13.3. The van der Waals surface area contributed by atoms with E-state index in [9.17, 15) is 4.39 Å². The van der Waals surface area contributed by atoms with Gasteiger partial charge in [-0.2, -0.15) is 0 Å². The van der Waals surface area contributed by atoms with Gasteiger partial charge in [0.15, 0.2) is 0 Å². The van der Waals surface area contributed by atoms with Crippen molar-refractivity contribution in [3.8, 4) is 0 Å². The van der Waals surface area contributed by atoms with Crippen LogP contribution in [0.4, 0.5) is 4.39 Å². The van der Waals surface area contributed by atoms with Crippen LogP contribution in [0.15, 0.2) is 23.1 Å². The van der Waals surface area contributed by atoms with Crippen LogP contribution in [0.1, 0.15) is 32.8 Å². The molecular weight excluding hydrogens is 249 g/mol. The molecule has 4 heteroatoms. The third kappa shape index (κ3) is 5.85. The van der Waals surface area contributed by atoms with E-state index in [0.717, 1.165) is 22.6 Å². The third-order valence-corrected chi connectivity index (χ3v) is 3.59. The molecule has 0 unspecified atom stereocenters. The minimum absolute atomic E-state index is 0.0132. The first kappa shape index (κ1) is 15.5. The van der Waals surface area contributed by atoms with E-state index in [1.807, 2.05) is 6.07 Å².